The molecule has 10 heteroatoms. The summed E-state index contributed by atoms with van der Waals surface area (Å²) in [5.74, 6) is -0.212. The maximum Gasteiger partial charge on any atom is 0.264 e. The molecule has 224 valence electrons. The fourth-order valence-electron chi connectivity index (χ4n) is 4.73. The Morgan fingerprint density at radius 2 is 1.33 bits per heavy atom. The molecule has 4 rings (SSSR count). The third kappa shape index (κ3) is 7.52. The van der Waals surface area contributed by atoms with Crippen molar-refractivity contribution >= 4 is 27.5 Å². The highest BCUT2D eigenvalue weighted by atomic mass is 32.2. The normalized spacial score (nSPS) is 11.7. The van der Waals surface area contributed by atoms with E-state index in [9.17, 15) is 18.0 Å². The topological polar surface area (TPSA) is 105 Å². The molecule has 1 N–H and O–H groups in total. The molecule has 0 saturated heterocycles. The summed E-state index contributed by atoms with van der Waals surface area (Å²) in [7, 11) is 0.219. The Hall–Kier alpha value is -4.83. The van der Waals surface area contributed by atoms with Crippen molar-refractivity contribution in [2.75, 3.05) is 32.1 Å². The quantitative estimate of drug-likeness (QED) is 0.245. The van der Waals surface area contributed by atoms with Gasteiger partial charge in [0.2, 0.25) is 11.8 Å². The number of nitrogens with one attached hydrogen (secondary N) is 1. The van der Waals surface area contributed by atoms with E-state index in [0.29, 0.717) is 11.5 Å². The first kappa shape index (κ1) is 31.1. The van der Waals surface area contributed by atoms with Gasteiger partial charge in [0.1, 0.15) is 12.6 Å². The molecular weight excluding hydrogens is 566 g/mol. The van der Waals surface area contributed by atoms with Gasteiger partial charge in [0.25, 0.3) is 10.0 Å². The van der Waals surface area contributed by atoms with Crippen LogP contribution >= 0.6 is 0 Å². The number of sulfonamides is 1. The number of methoxy groups -OCH3 is 2. The standard InChI is InChI=1S/C33H35N3O6S/c1-34-33(38)29(21-25-13-7-4-8-14-25)35(23-26-15-9-5-10-16-26)32(37)24-36(43(39,40)28-17-11-6-12-18-28)27-19-20-30(41-2)31(22-27)42-3/h4-20,22,29H,21,23-24H2,1-3H3,(H,34,38). The van der Waals surface area contributed by atoms with Gasteiger partial charge in [-0.2, -0.15) is 0 Å². The molecular formula is C33H35N3O6S. The van der Waals surface area contributed by atoms with Gasteiger partial charge >= 0.3 is 0 Å². The van der Waals surface area contributed by atoms with Crippen molar-refractivity contribution in [3.63, 3.8) is 0 Å². The molecule has 0 saturated carbocycles. The van der Waals surface area contributed by atoms with Gasteiger partial charge in [-0.05, 0) is 35.4 Å². The molecule has 0 aliphatic carbocycles. The lowest BCUT2D eigenvalue weighted by Gasteiger charge is -2.33. The van der Waals surface area contributed by atoms with E-state index in [1.165, 1.54) is 44.4 Å². The molecule has 0 radical (unpaired) electrons. The molecule has 0 bridgehead atoms. The maximum atomic E-state index is 14.3. The minimum absolute atomic E-state index is 0.0133. The molecule has 1 atom stereocenters. The number of hydrogen-bond donors (Lipinski definition) is 1. The third-order valence-electron chi connectivity index (χ3n) is 6.98. The van der Waals surface area contributed by atoms with Gasteiger partial charge in [-0.15, -0.1) is 0 Å². The van der Waals surface area contributed by atoms with Crippen LogP contribution in [0.4, 0.5) is 5.69 Å². The van der Waals surface area contributed by atoms with E-state index < -0.39 is 28.5 Å². The van der Waals surface area contributed by atoms with Gasteiger partial charge < -0.3 is 19.7 Å². The molecule has 0 heterocycles. The predicted octanol–water partition coefficient (Wildman–Crippen LogP) is 4.29. The summed E-state index contributed by atoms with van der Waals surface area (Å²) in [6.45, 7) is -0.475. The van der Waals surface area contributed by atoms with E-state index in [4.69, 9.17) is 9.47 Å². The summed E-state index contributed by atoms with van der Waals surface area (Å²) < 4.78 is 39.9. The van der Waals surface area contributed by atoms with Crippen LogP contribution in [0.1, 0.15) is 11.1 Å². The van der Waals surface area contributed by atoms with E-state index in [-0.39, 0.29) is 29.5 Å². The average Bonchev–Trinajstić information content (AvgIpc) is 3.05. The van der Waals surface area contributed by atoms with E-state index in [1.54, 1.807) is 30.3 Å². The predicted molar refractivity (Wildman–Crippen MR) is 166 cm³/mol. The summed E-state index contributed by atoms with van der Waals surface area (Å²) in [5, 5.41) is 2.68. The fraction of sp³-hybridized carbons (Fsp3) is 0.212. The highest BCUT2D eigenvalue weighted by Crippen LogP contribution is 2.34. The fourth-order valence-corrected chi connectivity index (χ4v) is 6.16. The van der Waals surface area contributed by atoms with Crippen molar-refractivity contribution < 1.29 is 27.5 Å². The molecule has 4 aromatic rings. The van der Waals surface area contributed by atoms with Crippen LogP contribution in [0.15, 0.2) is 114 Å². The monoisotopic (exact) mass is 601 g/mol. The summed E-state index contributed by atoms with van der Waals surface area (Å²) in [6.07, 6.45) is 0.237. The van der Waals surface area contributed by atoms with Crippen LogP contribution in [0.3, 0.4) is 0 Å². The second-order valence-electron chi connectivity index (χ2n) is 9.69. The molecule has 0 spiro atoms. The second kappa shape index (κ2) is 14.4. The third-order valence-corrected chi connectivity index (χ3v) is 8.77. The Labute approximate surface area is 252 Å². The van der Waals surface area contributed by atoms with Crippen LogP contribution in [-0.2, 0) is 32.6 Å². The Morgan fingerprint density at radius 1 is 0.767 bits per heavy atom. The Morgan fingerprint density at radius 3 is 1.88 bits per heavy atom. The lowest BCUT2D eigenvalue weighted by molar-refractivity contribution is -0.139. The Bertz CT molecular complexity index is 1620. The Balaban J connectivity index is 1.80. The average molecular weight is 602 g/mol. The molecule has 0 aliphatic rings. The molecule has 0 aromatic heterocycles. The highest BCUT2D eigenvalue weighted by Gasteiger charge is 2.34. The second-order valence-corrected chi connectivity index (χ2v) is 11.6. The van der Waals surface area contributed by atoms with Gasteiger partial charge in [0.05, 0.1) is 24.8 Å². The van der Waals surface area contributed by atoms with Crippen molar-refractivity contribution in [1.29, 1.82) is 0 Å². The number of ether oxygens (including phenoxy) is 2. The van der Waals surface area contributed by atoms with Crippen LogP contribution in [0.25, 0.3) is 0 Å². The number of hydrogen-bond acceptors (Lipinski definition) is 6. The van der Waals surface area contributed by atoms with Gasteiger partial charge in [-0.3, -0.25) is 13.9 Å². The number of rotatable bonds is 13. The molecule has 9 nitrogen and oxygen atoms in total. The van der Waals surface area contributed by atoms with Gasteiger partial charge in [0.15, 0.2) is 11.5 Å². The van der Waals surface area contributed by atoms with Crippen molar-refractivity contribution in [2.45, 2.75) is 23.9 Å². The first-order chi connectivity index (χ1) is 20.8. The lowest BCUT2D eigenvalue weighted by Crippen LogP contribution is -2.53. The minimum Gasteiger partial charge on any atom is -0.493 e. The zero-order valence-corrected chi connectivity index (χ0v) is 25.2. The minimum atomic E-state index is -4.22. The zero-order valence-electron chi connectivity index (χ0n) is 24.3. The van der Waals surface area contributed by atoms with Gasteiger partial charge in [0, 0.05) is 26.1 Å². The number of benzene rings is 4. The first-order valence-electron chi connectivity index (χ1n) is 13.7. The number of likely N-dealkylation sites (N-methyl/N-ethyl adjacent to an activating group) is 1. The highest BCUT2D eigenvalue weighted by molar-refractivity contribution is 7.92. The van der Waals surface area contributed by atoms with Gasteiger partial charge in [-0.25, -0.2) is 8.42 Å². The molecule has 4 aromatic carbocycles. The van der Waals surface area contributed by atoms with Crippen LogP contribution in [0.2, 0.25) is 0 Å². The van der Waals surface area contributed by atoms with Crippen LogP contribution in [0, 0.1) is 0 Å². The van der Waals surface area contributed by atoms with Crippen LogP contribution in [-0.4, -0.2) is 59.0 Å². The summed E-state index contributed by atoms with van der Waals surface area (Å²) in [5.41, 5.74) is 1.85. The maximum absolute atomic E-state index is 14.3. The summed E-state index contributed by atoms with van der Waals surface area (Å²) >= 11 is 0. The smallest absolute Gasteiger partial charge is 0.264 e. The van der Waals surface area contributed by atoms with E-state index in [0.717, 1.165) is 15.4 Å². The number of carbonyl (C=O) groups excluding carboxylic acids is 2. The molecule has 1 unspecified atom stereocenters. The molecule has 43 heavy (non-hydrogen) atoms. The summed E-state index contributed by atoms with van der Waals surface area (Å²) in [4.78, 5) is 29.1. The van der Waals surface area contributed by atoms with E-state index in [2.05, 4.69) is 5.32 Å². The Kier molecular flexibility index (Phi) is 10.4. The van der Waals surface area contributed by atoms with Crippen LogP contribution < -0.4 is 19.1 Å². The number of carbonyl (C=O) groups is 2. The largest absolute Gasteiger partial charge is 0.493 e. The zero-order chi connectivity index (χ0) is 30.8. The van der Waals surface area contributed by atoms with Crippen molar-refractivity contribution in [1.82, 2.24) is 10.2 Å². The molecule has 0 aliphatic heterocycles. The molecule has 2 amide bonds. The van der Waals surface area contributed by atoms with Crippen molar-refractivity contribution in [3.8, 4) is 11.5 Å². The van der Waals surface area contributed by atoms with Crippen molar-refractivity contribution in [3.05, 3.63) is 120 Å². The first-order valence-corrected chi connectivity index (χ1v) is 15.1. The number of amides is 2. The van der Waals surface area contributed by atoms with E-state index in [1.807, 2.05) is 60.7 Å². The molecule has 0 fully saturated rings. The number of anilines is 1. The van der Waals surface area contributed by atoms with E-state index >= 15 is 0 Å². The van der Waals surface area contributed by atoms with Crippen LogP contribution in [0.5, 0.6) is 11.5 Å². The van der Waals surface area contributed by atoms with Gasteiger partial charge in [-0.1, -0.05) is 78.9 Å². The summed E-state index contributed by atoms with van der Waals surface area (Å²) in [6, 6.07) is 30.3. The van der Waals surface area contributed by atoms with Crippen molar-refractivity contribution in [2.24, 2.45) is 0 Å². The SMILES string of the molecule is CNC(=O)C(Cc1ccccc1)N(Cc1ccccc1)C(=O)CN(c1ccc(OC)c(OC)c1)S(=O)(=O)c1ccccc1. The number of nitrogens with zero attached hydrogens (tertiary/aromatic N) is 2. The lowest BCUT2D eigenvalue weighted by atomic mass is 10.0.